The standard InChI is InChI=1S/C26H52N2O2/c1-4-6-7-8-9-10-13-19-28(21-17-25-16-11-12-18-27-25)20-14-22-30-26(29)23-24(3)15-5-2/h24-25,27H,4-23H2,1-3H3/i16D/hD. The lowest BCUT2D eigenvalue weighted by Gasteiger charge is -2.28. The summed E-state index contributed by atoms with van der Waals surface area (Å²) < 4.78 is 22.0. The maximum Gasteiger partial charge on any atom is 0.306 e. The summed E-state index contributed by atoms with van der Waals surface area (Å²) in [5.41, 5.74) is 0. The number of carbonyl (C=O) groups is 1. The van der Waals surface area contributed by atoms with Crippen LogP contribution in [0.2, 0.25) is 1.41 Å². The lowest BCUT2D eigenvalue weighted by atomic mass is 10.0. The van der Waals surface area contributed by atoms with Crippen molar-refractivity contribution >= 4 is 5.97 Å². The average molecular weight is 427 g/mol. The van der Waals surface area contributed by atoms with Crippen LogP contribution in [-0.2, 0) is 9.53 Å². The smallest absolute Gasteiger partial charge is 0.306 e. The number of esters is 1. The molecule has 0 saturated carbocycles. The molecule has 4 heteroatoms. The number of nitrogens with zero attached hydrogens (tertiary/aromatic N) is 1. The number of carbonyl (C=O) groups excluding carboxylic acids is 1. The molecule has 30 heavy (non-hydrogen) atoms. The molecule has 0 amide bonds. The summed E-state index contributed by atoms with van der Waals surface area (Å²) in [5, 5.41) is 1.65. The van der Waals surface area contributed by atoms with Crippen LogP contribution in [0.5, 0.6) is 0 Å². The summed E-state index contributed by atoms with van der Waals surface area (Å²) in [6.07, 6.45) is 15.4. The van der Waals surface area contributed by atoms with Gasteiger partial charge in [-0.2, -0.15) is 0 Å². The third-order valence-corrected chi connectivity index (χ3v) is 6.16. The third kappa shape index (κ3) is 15.2. The topological polar surface area (TPSA) is 41.6 Å². The summed E-state index contributed by atoms with van der Waals surface area (Å²) in [6.45, 7) is 10.8. The van der Waals surface area contributed by atoms with Gasteiger partial charge in [0.05, 0.1) is 6.61 Å². The fourth-order valence-corrected chi connectivity index (χ4v) is 4.30. The summed E-state index contributed by atoms with van der Waals surface area (Å²) >= 11 is 0. The molecule has 0 aromatic rings. The molecule has 178 valence electrons. The molecule has 1 fully saturated rings. The summed E-state index contributed by atoms with van der Waals surface area (Å²) in [4.78, 5) is 14.5. The fourth-order valence-electron chi connectivity index (χ4n) is 4.30. The molecule has 4 nitrogen and oxygen atoms in total. The predicted octanol–water partition coefficient (Wildman–Crippen LogP) is 6.33. The zero-order valence-corrected chi connectivity index (χ0v) is 20.4. The van der Waals surface area contributed by atoms with E-state index in [1.165, 1.54) is 44.9 Å². The first kappa shape index (κ1) is 24.0. The first-order valence-corrected chi connectivity index (χ1v) is 13.0. The molecule has 0 radical (unpaired) electrons. The Kier molecular flexibility index (Phi) is 15.3. The zero-order valence-electron chi connectivity index (χ0n) is 22.4. The number of hydrogen-bond donors (Lipinski definition) is 1. The van der Waals surface area contributed by atoms with E-state index in [-0.39, 0.29) is 18.4 Å². The quantitative estimate of drug-likeness (QED) is 0.193. The van der Waals surface area contributed by atoms with Crippen LogP contribution in [0.25, 0.3) is 0 Å². The van der Waals surface area contributed by atoms with Crippen molar-refractivity contribution in [3.05, 3.63) is 0 Å². The molecule has 0 aromatic carbocycles. The van der Waals surface area contributed by atoms with Crippen LogP contribution in [0.1, 0.15) is 118 Å². The van der Waals surface area contributed by atoms with E-state index < -0.39 is 0 Å². The van der Waals surface area contributed by atoms with Gasteiger partial charge in [0.2, 0.25) is 0 Å². The molecule has 0 aliphatic carbocycles. The highest BCUT2D eigenvalue weighted by atomic mass is 16.5. The minimum absolute atomic E-state index is 0.0539. The van der Waals surface area contributed by atoms with Gasteiger partial charge in [-0.05, 0) is 57.6 Å². The Morgan fingerprint density at radius 2 is 1.80 bits per heavy atom. The van der Waals surface area contributed by atoms with E-state index >= 15 is 0 Å². The normalized spacial score (nSPS) is 22.0. The summed E-state index contributed by atoms with van der Waals surface area (Å²) in [7, 11) is 0. The van der Waals surface area contributed by atoms with Crippen molar-refractivity contribution in [3.63, 3.8) is 0 Å². The van der Waals surface area contributed by atoms with E-state index in [9.17, 15) is 4.79 Å². The van der Waals surface area contributed by atoms with Crippen LogP contribution < -0.4 is 5.31 Å². The molecule has 1 N–H and O–H groups in total. The SMILES string of the molecule is [2H]C1CCCN([2H])C1CCN(CCCCCCCCC)CCCOC(=O)CC(C)CCC. The Morgan fingerprint density at radius 1 is 1.07 bits per heavy atom. The van der Waals surface area contributed by atoms with Crippen molar-refractivity contribution < 1.29 is 12.3 Å². The van der Waals surface area contributed by atoms with Crippen molar-refractivity contribution in [2.45, 2.75) is 123 Å². The average Bonchev–Trinajstić information content (AvgIpc) is 2.75. The molecular formula is C26H52N2O2. The van der Waals surface area contributed by atoms with Crippen molar-refractivity contribution in [3.8, 4) is 0 Å². The Morgan fingerprint density at radius 3 is 2.53 bits per heavy atom. The second-order valence-electron chi connectivity index (χ2n) is 9.28. The van der Waals surface area contributed by atoms with Gasteiger partial charge in [-0.25, -0.2) is 0 Å². The van der Waals surface area contributed by atoms with Gasteiger partial charge >= 0.3 is 5.97 Å². The van der Waals surface area contributed by atoms with Crippen LogP contribution in [0.15, 0.2) is 0 Å². The van der Waals surface area contributed by atoms with Crippen molar-refractivity contribution in [1.29, 1.82) is 0 Å². The maximum absolute atomic E-state index is 12.0. The lowest BCUT2D eigenvalue weighted by Crippen LogP contribution is -2.38. The minimum Gasteiger partial charge on any atom is -0.466 e. The number of rotatable bonds is 19. The zero-order chi connectivity index (χ0) is 23.6. The van der Waals surface area contributed by atoms with Gasteiger partial charge in [-0.3, -0.25) is 4.79 Å². The molecule has 1 aliphatic heterocycles. The molecule has 1 saturated heterocycles. The van der Waals surface area contributed by atoms with E-state index in [1.54, 1.807) is 5.31 Å². The van der Waals surface area contributed by atoms with Gasteiger partial charge in [-0.1, -0.05) is 78.6 Å². The minimum atomic E-state index is -0.132. The molecule has 1 aliphatic rings. The maximum atomic E-state index is 12.0. The fraction of sp³-hybridized carbons (Fsp3) is 0.962. The molecule has 1 heterocycles. The number of piperidine rings is 1. The highest BCUT2D eigenvalue weighted by Crippen LogP contribution is 2.13. The van der Waals surface area contributed by atoms with Gasteiger partial charge in [-0.15, -0.1) is 0 Å². The van der Waals surface area contributed by atoms with Crippen molar-refractivity contribution in [1.82, 2.24) is 10.2 Å². The van der Waals surface area contributed by atoms with E-state index in [4.69, 9.17) is 7.52 Å². The Bertz CT molecular complexity index is 457. The lowest BCUT2D eigenvalue weighted by molar-refractivity contribution is -0.144. The van der Waals surface area contributed by atoms with E-state index in [0.29, 0.717) is 18.9 Å². The predicted molar refractivity (Wildman–Crippen MR) is 129 cm³/mol. The molecule has 0 bridgehead atoms. The van der Waals surface area contributed by atoms with Crippen molar-refractivity contribution in [2.24, 2.45) is 5.92 Å². The van der Waals surface area contributed by atoms with Gasteiger partial charge in [0.15, 0.2) is 0 Å². The van der Waals surface area contributed by atoms with Crippen LogP contribution >= 0.6 is 0 Å². The van der Waals surface area contributed by atoms with Gasteiger partial charge in [0, 0.05) is 20.4 Å². The summed E-state index contributed by atoms with van der Waals surface area (Å²) in [6, 6.07) is 0.0539. The van der Waals surface area contributed by atoms with Crippen molar-refractivity contribution in [2.75, 3.05) is 32.8 Å². The largest absolute Gasteiger partial charge is 0.466 e. The molecule has 0 spiro atoms. The van der Waals surface area contributed by atoms with Crippen LogP contribution in [0.3, 0.4) is 0 Å². The Labute approximate surface area is 190 Å². The molecule has 0 aromatic heterocycles. The molecule has 3 unspecified atom stereocenters. The highest BCUT2D eigenvalue weighted by molar-refractivity contribution is 5.69. The van der Waals surface area contributed by atoms with Gasteiger partial charge in [0.1, 0.15) is 1.41 Å². The van der Waals surface area contributed by atoms with E-state index in [1.807, 2.05) is 0 Å². The molecule has 1 rings (SSSR count). The number of unbranched alkanes of at least 4 members (excludes halogenated alkanes) is 6. The summed E-state index contributed by atoms with van der Waals surface area (Å²) in [5.74, 6) is 0.344. The second kappa shape index (κ2) is 19.1. The highest BCUT2D eigenvalue weighted by Gasteiger charge is 2.15. The Balaban J connectivity index is 2.35. The van der Waals surface area contributed by atoms with Gasteiger partial charge in [0.25, 0.3) is 0 Å². The second-order valence-corrected chi connectivity index (χ2v) is 9.28. The first-order chi connectivity index (χ1) is 15.5. The molecular weight excluding hydrogens is 372 g/mol. The molecule has 3 atom stereocenters. The Hall–Kier alpha value is -0.610. The monoisotopic (exact) mass is 426 g/mol. The van der Waals surface area contributed by atoms with Crippen LogP contribution in [0.4, 0.5) is 0 Å². The van der Waals surface area contributed by atoms with E-state index in [0.717, 1.165) is 64.7 Å². The number of ether oxygens (including phenoxy) is 1. The third-order valence-electron chi connectivity index (χ3n) is 6.16. The van der Waals surface area contributed by atoms with E-state index in [2.05, 4.69) is 25.7 Å². The van der Waals surface area contributed by atoms with Crippen LogP contribution in [-0.4, -0.2) is 49.7 Å². The number of nitrogens with one attached hydrogen (secondary N) is 1. The number of hydrogen-bond acceptors (Lipinski definition) is 4. The van der Waals surface area contributed by atoms with Gasteiger partial charge < -0.3 is 14.9 Å². The first-order valence-electron chi connectivity index (χ1n) is 14.1. The van der Waals surface area contributed by atoms with Crippen LogP contribution in [0, 0.1) is 5.92 Å².